The van der Waals surface area contributed by atoms with Crippen molar-refractivity contribution in [1.29, 1.82) is 0 Å². The van der Waals surface area contributed by atoms with Crippen molar-refractivity contribution in [1.82, 2.24) is 0 Å². The van der Waals surface area contributed by atoms with E-state index in [4.69, 9.17) is 15.2 Å². The molecule has 0 fully saturated rings. The minimum atomic E-state index is -0.194. The summed E-state index contributed by atoms with van der Waals surface area (Å²) in [7, 11) is 0. The van der Waals surface area contributed by atoms with Crippen molar-refractivity contribution in [3.8, 4) is 11.5 Å². The van der Waals surface area contributed by atoms with E-state index in [-0.39, 0.29) is 18.6 Å². The number of aliphatic hydroxyl groups excluding tert-OH is 1. The Balaban J connectivity index is 2.33. The molecule has 0 radical (unpaired) electrons. The van der Waals surface area contributed by atoms with Crippen molar-refractivity contribution in [2.45, 2.75) is 26.8 Å². The summed E-state index contributed by atoms with van der Waals surface area (Å²) in [6.07, 6.45) is 0. The van der Waals surface area contributed by atoms with Crippen LogP contribution >= 0.6 is 0 Å². The minimum Gasteiger partial charge on any atom is -0.486 e. The molecule has 1 aliphatic heterocycles. The lowest BCUT2D eigenvalue weighted by Crippen LogP contribution is -2.29. The van der Waals surface area contributed by atoms with Crippen LogP contribution in [0.25, 0.3) is 0 Å². The van der Waals surface area contributed by atoms with Crippen molar-refractivity contribution >= 4 is 0 Å². The summed E-state index contributed by atoms with van der Waals surface area (Å²) < 4.78 is 11.2. The molecule has 2 unspecified atom stereocenters. The number of hydrogen-bond donors (Lipinski definition) is 2. The van der Waals surface area contributed by atoms with Gasteiger partial charge in [-0.05, 0) is 36.1 Å². The standard InChI is InChI=1S/C15H23NO3/c1-9(2)12(8-17)15(16)11-7-14-13(6-10(11)3)18-4-5-19-14/h6-7,9,12,15,17H,4-5,8,16H2,1-3H3. The molecule has 4 nitrogen and oxygen atoms in total. The van der Waals surface area contributed by atoms with Gasteiger partial charge in [-0.1, -0.05) is 13.8 Å². The van der Waals surface area contributed by atoms with Crippen LogP contribution in [0.2, 0.25) is 0 Å². The molecule has 0 aromatic heterocycles. The molecule has 3 N–H and O–H groups in total. The van der Waals surface area contributed by atoms with E-state index in [2.05, 4.69) is 13.8 Å². The molecule has 0 saturated heterocycles. The number of fused-ring (bicyclic) bond motifs is 1. The molecule has 0 spiro atoms. The second-order valence-corrected chi connectivity index (χ2v) is 5.47. The summed E-state index contributed by atoms with van der Waals surface area (Å²) in [6.45, 7) is 7.42. The molecule has 0 saturated carbocycles. The Bertz CT molecular complexity index is 445. The molecule has 1 heterocycles. The quantitative estimate of drug-likeness (QED) is 0.874. The van der Waals surface area contributed by atoms with Gasteiger partial charge in [-0.25, -0.2) is 0 Å². The molecule has 1 aromatic carbocycles. The first kappa shape index (κ1) is 14.2. The van der Waals surface area contributed by atoms with Crippen molar-refractivity contribution in [3.05, 3.63) is 23.3 Å². The fourth-order valence-corrected chi connectivity index (χ4v) is 2.53. The SMILES string of the molecule is Cc1cc2c(cc1C(N)C(CO)C(C)C)OCCO2. The number of nitrogens with two attached hydrogens (primary N) is 1. The van der Waals surface area contributed by atoms with Crippen molar-refractivity contribution in [2.75, 3.05) is 19.8 Å². The largest absolute Gasteiger partial charge is 0.486 e. The van der Waals surface area contributed by atoms with Gasteiger partial charge >= 0.3 is 0 Å². The van der Waals surface area contributed by atoms with Crippen LogP contribution in [0.15, 0.2) is 12.1 Å². The minimum absolute atomic E-state index is 0.0428. The maximum Gasteiger partial charge on any atom is 0.161 e. The van der Waals surface area contributed by atoms with E-state index in [1.54, 1.807) is 0 Å². The van der Waals surface area contributed by atoms with Gasteiger partial charge in [-0.15, -0.1) is 0 Å². The molecule has 4 heteroatoms. The van der Waals surface area contributed by atoms with E-state index in [0.717, 1.165) is 22.6 Å². The highest BCUT2D eigenvalue weighted by Crippen LogP contribution is 2.37. The fraction of sp³-hybridized carbons (Fsp3) is 0.600. The first-order valence-electron chi connectivity index (χ1n) is 6.81. The van der Waals surface area contributed by atoms with Crippen LogP contribution in [0.5, 0.6) is 11.5 Å². The Hall–Kier alpha value is -1.26. The van der Waals surface area contributed by atoms with Gasteiger partial charge in [-0.3, -0.25) is 0 Å². The average molecular weight is 265 g/mol. The van der Waals surface area contributed by atoms with Gasteiger partial charge in [0.25, 0.3) is 0 Å². The maximum atomic E-state index is 9.52. The summed E-state index contributed by atoms with van der Waals surface area (Å²) in [4.78, 5) is 0. The normalized spacial score (nSPS) is 17.4. The topological polar surface area (TPSA) is 64.7 Å². The molecule has 0 bridgehead atoms. The predicted molar refractivity (Wildman–Crippen MR) is 74.5 cm³/mol. The third kappa shape index (κ3) is 2.85. The van der Waals surface area contributed by atoms with Gasteiger partial charge in [0.15, 0.2) is 11.5 Å². The Morgan fingerprint density at radius 1 is 1.21 bits per heavy atom. The molecule has 1 aliphatic rings. The van der Waals surface area contributed by atoms with Crippen LogP contribution in [0.4, 0.5) is 0 Å². The van der Waals surface area contributed by atoms with Crippen molar-refractivity contribution in [2.24, 2.45) is 17.6 Å². The number of aryl methyl sites for hydroxylation is 1. The second-order valence-electron chi connectivity index (χ2n) is 5.47. The fourth-order valence-electron chi connectivity index (χ4n) is 2.53. The molecule has 0 aliphatic carbocycles. The first-order chi connectivity index (χ1) is 9.04. The summed E-state index contributed by atoms with van der Waals surface area (Å²) in [6, 6.07) is 3.73. The van der Waals surface area contributed by atoms with E-state index in [1.807, 2.05) is 19.1 Å². The molecule has 1 aromatic rings. The van der Waals surface area contributed by atoms with E-state index in [1.165, 1.54) is 0 Å². The molecule has 19 heavy (non-hydrogen) atoms. The number of ether oxygens (including phenoxy) is 2. The third-order valence-corrected chi connectivity index (χ3v) is 3.82. The molecular formula is C15H23NO3. The van der Waals surface area contributed by atoms with Crippen molar-refractivity contribution < 1.29 is 14.6 Å². The lowest BCUT2D eigenvalue weighted by atomic mass is 9.84. The van der Waals surface area contributed by atoms with Gasteiger partial charge in [-0.2, -0.15) is 0 Å². The number of benzene rings is 1. The zero-order chi connectivity index (χ0) is 14.0. The second kappa shape index (κ2) is 5.80. The maximum absolute atomic E-state index is 9.52. The van der Waals surface area contributed by atoms with Crippen LogP contribution in [-0.2, 0) is 0 Å². The summed E-state index contributed by atoms with van der Waals surface area (Å²) in [5.41, 5.74) is 8.43. The Kier molecular flexibility index (Phi) is 4.32. The van der Waals surface area contributed by atoms with E-state index in [0.29, 0.717) is 19.1 Å². The van der Waals surface area contributed by atoms with Crippen LogP contribution in [0.1, 0.15) is 31.0 Å². The molecule has 106 valence electrons. The Morgan fingerprint density at radius 3 is 2.32 bits per heavy atom. The van der Waals surface area contributed by atoms with Crippen LogP contribution in [-0.4, -0.2) is 24.9 Å². The van der Waals surface area contributed by atoms with Gasteiger partial charge in [0.05, 0.1) is 0 Å². The van der Waals surface area contributed by atoms with Crippen molar-refractivity contribution in [3.63, 3.8) is 0 Å². The lowest BCUT2D eigenvalue weighted by Gasteiger charge is -2.28. The molecular weight excluding hydrogens is 242 g/mol. The predicted octanol–water partition coefficient (Wildman–Crippen LogP) is 2.03. The van der Waals surface area contributed by atoms with Crippen LogP contribution < -0.4 is 15.2 Å². The Labute approximate surface area is 114 Å². The highest BCUT2D eigenvalue weighted by molar-refractivity contribution is 5.48. The van der Waals surface area contributed by atoms with E-state index >= 15 is 0 Å². The third-order valence-electron chi connectivity index (χ3n) is 3.82. The number of hydrogen-bond acceptors (Lipinski definition) is 4. The summed E-state index contributed by atoms with van der Waals surface area (Å²) >= 11 is 0. The summed E-state index contributed by atoms with van der Waals surface area (Å²) in [5.74, 6) is 1.90. The highest BCUT2D eigenvalue weighted by Gasteiger charge is 2.25. The van der Waals surface area contributed by atoms with E-state index < -0.39 is 0 Å². The zero-order valence-electron chi connectivity index (χ0n) is 11.8. The molecule has 2 rings (SSSR count). The van der Waals surface area contributed by atoms with Crippen LogP contribution in [0, 0.1) is 18.8 Å². The molecule has 2 atom stereocenters. The first-order valence-corrected chi connectivity index (χ1v) is 6.81. The zero-order valence-corrected chi connectivity index (χ0v) is 11.8. The van der Waals surface area contributed by atoms with Gasteiger partial charge in [0.2, 0.25) is 0 Å². The van der Waals surface area contributed by atoms with E-state index in [9.17, 15) is 5.11 Å². The number of rotatable bonds is 4. The smallest absolute Gasteiger partial charge is 0.161 e. The molecule has 0 amide bonds. The lowest BCUT2D eigenvalue weighted by molar-refractivity contribution is 0.162. The monoisotopic (exact) mass is 265 g/mol. The average Bonchev–Trinajstić information content (AvgIpc) is 2.38. The van der Waals surface area contributed by atoms with Gasteiger partial charge < -0.3 is 20.3 Å². The Morgan fingerprint density at radius 2 is 1.79 bits per heavy atom. The van der Waals surface area contributed by atoms with Gasteiger partial charge in [0, 0.05) is 18.6 Å². The number of aliphatic hydroxyl groups is 1. The van der Waals surface area contributed by atoms with Gasteiger partial charge in [0.1, 0.15) is 13.2 Å². The van der Waals surface area contributed by atoms with Crippen LogP contribution in [0.3, 0.4) is 0 Å². The highest BCUT2D eigenvalue weighted by atomic mass is 16.6. The summed E-state index contributed by atoms with van der Waals surface area (Å²) in [5, 5.41) is 9.52.